The predicted molar refractivity (Wildman–Crippen MR) is 48.9 cm³/mol. The van der Waals surface area contributed by atoms with Crippen molar-refractivity contribution in [2.75, 3.05) is 26.7 Å². The van der Waals surface area contributed by atoms with E-state index in [0.717, 1.165) is 19.6 Å². The van der Waals surface area contributed by atoms with Gasteiger partial charge in [-0.25, -0.2) is 0 Å². The molecule has 0 spiro atoms. The lowest BCUT2D eigenvalue weighted by Crippen LogP contribution is -2.26. The number of carbonyl (C=O) groups excluding carboxylic acids is 1. The van der Waals surface area contributed by atoms with Crippen LogP contribution in [0.4, 0.5) is 0 Å². The molecule has 0 fully saturated rings. The van der Waals surface area contributed by atoms with Crippen molar-refractivity contribution in [2.45, 2.75) is 13.3 Å². The molecule has 0 aromatic rings. The minimum Gasteiger partial charge on any atom is -0.469 e. The van der Waals surface area contributed by atoms with Gasteiger partial charge in [0.15, 0.2) is 0 Å². The number of likely N-dealkylation sites (N-methyl/N-ethyl adjacent to an activating group) is 1. The maximum absolute atomic E-state index is 10.8. The first kappa shape index (κ1) is 11.2. The summed E-state index contributed by atoms with van der Waals surface area (Å²) in [6.07, 6.45) is 2.29. The second-order valence-electron chi connectivity index (χ2n) is 2.51. The van der Waals surface area contributed by atoms with Crippen molar-refractivity contribution >= 4 is 5.97 Å². The van der Waals surface area contributed by atoms with Gasteiger partial charge in [-0.2, -0.15) is 0 Å². The topological polar surface area (TPSA) is 29.5 Å². The molecule has 0 atom stereocenters. The van der Waals surface area contributed by atoms with Crippen LogP contribution in [0.25, 0.3) is 0 Å². The van der Waals surface area contributed by atoms with Gasteiger partial charge in [0.2, 0.25) is 0 Å². The Bertz CT molecular complexity index is 145. The maximum atomic E-state index is 10.8. The zero-order valence-corrected chi connectivity index (χ0v) is 7.88. The summed E-state index contributed by atoms with van der Waals surface area (Å²) in [5, 5.41) is 0. The van der Waals surface area contributed by atoms with Crippen molar-refractivity contribution in [2.24, 2.45) is 0 Å². The van der Waals surface area contributed by atoms with Gasteiger partial charge in [0.1, 0.15) is 0 Å². The fourth-order valence-electron chi connectivity index (χ4n) is 0.913. The van der Waals surface area contributed by atoms with E-state index >= 15 is 0 Å². The van der Waals surface area contributed by atoms with E-state index in [4.69, 9.17) is 0 Å². The van der Waals surface area contributed by atoms with Crippen LogP contribution < -0.4 is 0 Å². The third-order valence-electron chi connectivity index (χ3n) is 1.69. The first-order chi connectivity index (χ1) is 5.74. The molecule has 0 saturated heterocycles. The Morgan fingerprint density at radius 1 is 1.67 bits per heavy atom. The van der Waals surface area contributed by atoms with E-state index in [-0.39, 0.29) is 5.97 Å². The quantitative estimate of drug-likeness (QED) is 0.442. The minimum absolute atomic E-state index is 0.155. The second kappa shape index (κ2) is 6.85. The Morgan fingerprint density at radius 2 is 2.33 bits per heavy atom. The summed E-state index contributed by atoms with van der Waals surface area (Å²) < 4.78 is 4.53. The van der Waals surface area contributed by atoms with Crippen molar-refractivity contribution in [3.05, 3.63) is 12.7 Å². The van der Waals surface area contributed by atoms with Crippen molar-refractivity contribution in [3.8, 4) is 0 Å². The highest BCUT2D eigenvalue weighted by atomic mass is 16.5. The summed E-state index contributed by atoms with van der Waals surface area (Å²) in [7, 11) is 1.41. The number of carbonyl (C=O) groups is 1. The van der Waals surface area contributed by atoms with E-state index < -0.39 is 0 Å². The second-order valence-corrected chi connectivity index (χ2v) is 2.51. The van der Waals surface area contributed by atoms with Crippen molar-refractivity contribution in [1.82, 2.24) is 4.90 Å². The van der Waals surface area contributed by atoms with E-state index in [9.17, 15) is 4.79 Å². The minimum atomic E-state index is -0.155. The Balaban J connectivity index is 3.56. The lowest BCUT2D eigenvalue weighted by Gasteiger charge is -2.16. The Hall–Kier alpha value is -0.830. The summed E-state index contributed by atoms with van der Waals surface area (Å²) in [6, 6.07) is 0. The highest BCUT2D eigenvalue weighted by Crippen LogP contribution is 1.92. The van der Waals surface area contributed by atoms with Gasteiger partial charge in [0.05, 0.1) is 13.5 Å². The van der Waals surface area contributed by atoms with E-state index in [0.29, 0.717) is 6.42 Å². The zero-order valence-electron chi connectivity index (χ0n) is 7.88. The number of nitrogens with zero attached hydrogens (tertiary/aromatic N) is 1. The third-order valence-corrected chi connectivity index (χ3v) is 1.69. The summed E-state index contributed by atoms with van der Waals surface area (Å²) in [5.41, 5.74) is 0. The Kier molecular flexibility index (Phi) is 6.38. The Labute approximate surface area is 74.0 Å². The standard InChI is InChI=1S/C9H17NO2/c1-4-7-10(5-2)8-6-9(11)12-3/h4H,1,5-8H2,2-3H3. The molecule has 0 aliphatic rings. The molecule has 12 heavy (non-hydrogen) atoms. The largest absolute Gasteiger partial charge is 0.469 e. The lowest BCUT2D eigenvalue weighted by atomic mass is 10.3. The molecule has 0 bridgehead atoms. The molecule has 0 unspecified atom stereocenters. The molecule has 0 saturated carbocycles. The number of methoxy groups -OCH3 is 1. The molecule has 0 N–H and O–H groups in total. The van der Waals surface area contributed by atoms with Crippen molar-refractivity contribution in [3.63, 3.8) is 0 Å². The van der Waals surface area contributed by atoms with Crippen LogP contribution in [-0.4, -0.2) is 37.6 Å². The van der Waals surface area contributed by atoms with Crippen LogP contribution in [0.2, 0.25) is 0 Å². The maximum Gasteiger partial charge on any atom is 0.306 e. The number of rotatable bonds is 6. The molecular formula is C9H17NO2. The fraction of sp³-hybridized carbons (Fsp3) is 0.667. The van der Waals surface area contributed by atoms with Crippen LogP contribution in [0.3, 0.4) is 0 Å². The number of esters is 1. The summed E-state index contributed by atoms with van der Waals surface area (Å²) in [6.45, 7) is 8.20. The van der Waals surface area contributed by atoms with Crippen LogP contribution in [0.15, 0.2) is 12.7 Å². The highest BCUT2D eigenvalue weighted by molar-refractivity contribution is 5.69. The van der Waals surface area contributed by atoms with Crippen molar-refractivity contribution < 1.29 is 9.53 Å². The molecule has 3 nitrogen and oxygen atoms in total. The van der Waals surface area contributed by atoms with Crippen LogP contribution in [0.1, 0.15) is 13.3 Å². The van der Waals surface area contributed by atoms with Gasteiger partial charge in [0.25, 0.3) is 0 Å². The summed E-state index contributed by atoms with van der Waals surface area (Å²) in [5.74, 6) is -0.155. The van der Waals surface area contributed by atoms with Gasteiger partial charge in [-0.15, -0.1) is 6.58 Å². The van der Waals surface area contributed by atoms with Gasteiger partial charge in [-0.1, -0.05) is 13.0 Å². The summed E-state index contributed by atoms with van der Waals surface area (Å²) in [4.78, 5) is 12.9. The van der Waals surface area contributed by atoms with Gasteiger partial charge in [0, 0.05) is 13.1 Å². The molecule has 0 amide bonds. The smallest absolute Gasteiger partial charge is 0.306 e. The van der Waals surface area contributed by atoms with Crippen LogP contribution >= 0.6 is 0 Å². The molecule has 0 aromatic heterocycles. The van der Waals surface area contributed by atoms with Gasteiger partial charge in [-0.05, 0) is 6.54 Å². The average Bonchev–Trinajstić information content (AvgIpc) is 2.11. The van der Waals surface area contributed by atoms with Gasteiger partial charge >= 0.3 is 5.97 Å². The molecular weight excluding hydrogens is 154 g/mol. The predicted octanol–water partition coefficient (Wildman–Crippen LogP) is 1.06. The van der Waals surface area contributed by atoms with Crippen molar-refractivity contribution in [1.29, 1.82) is 0 Å². The molecule has 0 aromatic carbocycles. The van der Waals surface area contributed by atoms with E-state index in [1.54, 1.807) is 0 Å². The Morgan fingerprint density at radius 3 is 2.75 bits per heavy atom. The first-order valence-corrected chi connectivity index (χ1v) is 4.14. The molecule has 0 aliphatic heterocycles. The zero-order chi connectivity index (χ0) is 9.40. The molecule has 0 heterocycles. The van der Waals surface area contributed by atoms with E-state index in [2.05, 4.69) is 23.1 Å². The normalized spacial score (nSPS) is 9.92. The molecule has 3 heteroatoms. The number of hydrogen-bond acceptors (Lipinski definition) is 3. The van der Waals surface area contributed by atoms with E-state index in [1.165, 1.54) is 7.11 Å². The molecule has 70 valence electrons. The van der Waals surface area contributed by atoms with Crippen LogP contribution in [-0.2, 0) is 9.53 Å². The van der Waals surface area contributed by atoms with Gasteiger partial charge < -0.3 is 4.74 Å². The molecule has 0 rings (SSSR count). The molecule has 0 radical (unpaired) electrons. The monoisotopic (exact) mass is 171 g/mol. The van der Waals surface area contributed by atoms with Crippen LogP contribution in [0, 0.1) is 0 Å². The first-order valence-electron chi connectivity index (χ1n) is 4.14. The lowest BCUT2D eigenvalue weighted by molar-refractivity contribution is -0.140. The third kappa shape index (κ3) is 4.91. The number of hydrogen-bond donors (Lipinski definition) is 0. The molecule has 0 aliphatic carbocycles. The highest BCUT2D eigenvalue weighted by Gasteiger charge is 2.04. The van der Waals surface area contributed by atoms with E-state index in [1.807, 2.05) is 6.08 Å². The average molecular weight is 171 g/mol. The fourth-order valence-corrected chi connectivity index (χ4v) is 0.913. The summed E-state index contributed by atoms with van der Waals surface area (Å²) >= 11 is 0. The van der Waals surface area contributed by atoms with Gasteiger partial charge in [-0.3, -0.25) is 9.69 Å². The van der Waals surface area contributed by atoms with Crippen LogP contribution in [0.5, 0.6) is 0 Å². The number of ether oxygens (including phenoxy) is 1. The SMILES string of the molecule is C=CCN(CC)CCC(=O)OC.